The number of nitrogens with one attached hydrogen (secondary N) is 2. The second-order valence-corrected chi connectivity index (χ2v) is 4.11. The molecule has 0 unspecified atom stereocenters. The van der Waals surface area contributed by atoms with Crippen molar-refractivity contribution >= 4 is 6.09 Å². The number of amides is 1. The fourth-order valence-corrected chi connectivity index (χ4v) is 1.62. The zero-order valence-corrected chi connectivity index (χ0v) is 8.73. The summed E-state index contributed by atoms with van der Waals surface area (Å²) < 4.78 is 5.47. The number of rotatable bonds is 2. The maximum atomic E-state index is 10.5. The third-order valence-electron chi connectivity index (χ3n) is 2.33. The summed E-state index contributed by atoms with van der Waals surface area (Å²) in [6.07, 6.45) is -0.575. The van der Waals surface area contributed by atoms with Gasteiger partial charge in [0.1, 0.15) is 10.6 Å². The van der Waals surface area contributed by atoms with Crippen molar-refractivity contribution in [2.45, 2.75) is 38.0 Å². The summed E-state index contributed by atoms with van der Waals surface area (Å²) in [5.41, 5.74) is 6.33. The highest BCUT2D eigenvalue weighted by Crippen LogP contribution is 2.26. The number of nitrogens with zero attached hydrogens (tertiary/aromatic N) is 2. The molecule has 1 fully saturated rings. The molecule has 7 nitrogen and oxygen atoms in total. The molecule has 7 heteroatoms. The van der Waals surface area contributed by atoms with Gasteiger partial charge in [-0.15, -0.1) is 0 Å². The van der Waals surface area contributed by atoms with Crippen LogP contribution in [0, 0.1) is 5.53 Å². The molecule has 0 bridgehead atoms. The minimum atomic E-state index is -1.12. The molecule has 1 aliphatic rings. The van der Waals surface area contributed by atoms with Gasteiger partial charge < -0.3 is 15.2 Å². The molecule has 3 N–H and O–H groups in total. The average molecular weight is 215 g/mol. The van der Waals surface area contributed by atoms with Crippen molar-refractivity contribution < 1.29 is 14.6 Å². The first-order valence-electron chi connectivity index (χ1n) is 4.64. The van der Waals surface area contributed by atoms with Crippen LogP contribution < -0.4 is 10.2 Å². The molecular weight excluding hydrogens is 200 g/mol. The zero-order valence-electron chi connectivity index (χ0n) is 8.73. The van der Waals surface area contributed by atoms with Crippen molar-refractivity contribution in [2.24, 2.45) is 5.11 Å². The largest absolute Gasteiger partial charge is 0.465 e. The van der Waals surface area contributed by atoms with Gasteiger partial charge in [0.15, 0.2) is 6.04 Å². The molecule has 0 aromatic rings. The van der Waals surface area contributed by atoms with Gasteiger partial charge in [0.05, 0.1) is 18.2 Å². The highest BCUT2D eigenvalue weighted by Gasteiger charge is 2.39. The first-order valence-corrected chi connectivity index (χ1v) is 4.64. The zero-order chi connectivity index (χ0) is 11.5. The number of hydrogen-bond donors (Lipinski definition) is 3. The van der Waals surface area contributed by atoms with E-state index >= 15 is 0 Å². The molecule has 15 heavy (non-hydrogen) atoms. The standard InChI is InChI=1S/C8H14N4O3/c1-8(2)3-5(11-12-9)6(4-15-8)10-7(13)14/h5-6,9-10H,3-4H2,1-2H3/p+1/t5-,6+/m1/s1. The summed E-state index contributed by atoms with van der Waals surface area (Å²) in [7, 11) is 0. The summed E-state index contributed by atoms with van der Waals surface area (Å²) in [6, 6.07) is -0.757. The minimum Gasteiger partial charge on any atom is -0.465 e. The van der Waals surface area contributed by atoms with Crippen LogP contribution in [0.2, 0.25) is 0 Å². The van der Waals surface area contributed by atoms with Crippen molar-refractivity contribution in [3.05, 3.63) is 0 Å². The Hall–Kier alpha value is -1.46. The lowest BCUT2D eigenvalue weighted by Crippen LogP contribution is -2.53. The number of carboxylic acid groups (broad SMARTS) is 1. The lowest BCUT2D eigenvalue weighted by Gasteiger charge is -2.36. The molecule has 0 aromatic carbocycles. The van der Waals surface area contributed by atoms with Crippen LogP contribution in [0.1, 0.15) is 20.3 Å². The molecular formula is C8H15N4O3+. The van der Waals surface area contributed by atoms with Crippen molar-refractivity contribution in [3.8, 4) is 0 Å². The third-order valence-corrected chi connectivity index (χ3v) is 2.33. The molecule has 1 aliphatic heterocycles. The average Bonchev–Trinajstić information content (AvgIpc) is 2.09. The molecule has 84 valence electrons. The monoisotopic (exact) mass is 215 g/mol. The van der Waals surface area contributed by atoms with Crippen molar-refractivity contribution in [1.82, 2.24) is 10.2 Å². The van der Waals surface area contributed by atoms with Crippen molar-refractivity contribution in [1.29, 1.82) is 5.53 Å². The van der Waals surface area contributed by atoms with E-state index in [9.17, 15) is 4.79 Å². The SMILES string of the molecule is CC1(C)C[C@@H](N=[N+]=N)[C@@H](NC(=O)O)CO1. The Morgan fingerprint density at radius 3 is 2.93 bits per heavy atom. The summed E-state index contributed by atoms with van der Waals surface area (Å²) in [4.78, 5) is 13.5. The molecule has 0 radical (unpaired) electrons. The normalized spacial score (nSPS) is 28.9. The Morgan fingerprint density at radius 2 is 2.40 bits per heavy atom. The van der Waals surface area contributed by atoms with E-state index in [1.165, 1.54) is 0 Å². The molecule has 2 atom stereocenters. The molecule has 1 rings (SSSR count). The van der Waals surface area contributed by atoms with E-state index in [0.29, 0.717) is 6.42 Å². The third kappa shape index (κ3) is 3.30. The van der Waals surface area contributed by atoms with Crippen molar-refractivity contribution in [3.63, 3.8) is 0 Å². The predicted octanol–water partition coefficient (Wildman–Crippen LogP) is 0.740. The maximum absolute atomic E-state index is 10.5. The van der Waals surface area contributed by atoms with Crippen molar-refractivity contribution in [2.75, 3.05) is 6.61 Å². The Morgan fingerprint density at radius 1 is 1.73 bits per heavy atom. The van der Waals surface area contributed by atoms with Gasteiger partial charge in [-0.1, -0.05) is 0 Å². The molecule has 1 amide bonds. The fraction of sp³-hybridized carbons (Fsp3) is 0.875. The van der Waals surface area contributed by atoms with Crippen LogP contribution in [0.4, 0.5) is 4.79 Å². The fourth-order valence-electron chi connectivity index (χ4n) is 1.62. The first kappa shape index (κ1) is 11.6. The van der Waals surface area contributed by atoms with Gasteiger partial charge in [-0.3, -0.25) is 0 Å². The van der Waals surface area contributed by atoms with E-state index in [-0.39, 0.29) is 18.2 Å². The summed E-state index contributed by atoms with van der Waals surface area (Å²) in [5, 5.41) is 14.6. The Balaban J connectivity index is 2.71. The second-order valence-electron chi connectivity index (χ2n) is 4.11. The second kappa shape index (κ2) is 4.37. The summed E-state index contributed by atoms with van der Waals surface area (Å²) in [5.74, 6) is 0. The van der Waals surface area contributed by atoms with E-state index in [1.807, 2.05) is 13.8 Å². The van der Waals surface area contributed by atoms with Gasteiger partial charge in [-0.25, -0.2) is 4.79 Å². The molecule has 1 saturated heterocycles. The summed E-state index contributed by atoms with van der Waals surface area (Å²) in [6.45, 7) is 4.05. The van der Waals surface area contributed by atoms with E-state index in [2.05, 4.69) is 15.3 Å². The predicted molar refractivity (Wildman–Crippen MR) is 50.7 cm³/mol. The van der Waals surface area contributed by atoms with Gasteiger partial charge in [0.2, 0.25) is 4.91 Å². The van der Waals surface area contributed by atoms with Crippen LogP contribution in [-0.4, -0.2) is 35.5 Å². The van der Waals surface area contributed by atoms with Gasteiger partial charge in [0, 0.05) is 6.42 Å². The lowest BCUT2D eigenvalue weighted by atomic mass is 9.91. The first-order chi connectivity index (χ1) is 6.94. The van der Waals surface area contributed by atoms with Crippen LogP contribution in [0.3, 0.4) is 0 Å². The van der Waals surface area contributed by atoms with Gasteiger partial charge in [-0.05, 0) is 13.8 Å². The van der Waals surface area contributed by atoms with Crippen LogP contribution >= 0.6 is 0 Å². The van der Waals surface area contributed by atoms with Gasteiger partial charge in [-0.2, -0.15) is 0 Å². The topological polar surface area (TPSA) is 109 Å². The lowest BCUT2D eigenvalue weighted by molar-refractivity contribution is -0.0724. The molecule has 0 aliphatic carbocycles. The molecule has 0 saturated carbocycles. The highest BCUT2D eigenvalue weighted by molar-refractivity contribution is 5.65. The number of ether oxygens (including phenoxy) is 1. The minimum absolute atomic E-state index is 0.253. The Labute approximate surface area is 87.0 Å². The molecule has 0 spiro atoms. The smallest absolute Gasteiger partial charge is 0.405 e. The van der Waals surface area contributed by atoms with E-state index in [0.717, 1.165) is 0 Å². The van der Waals surface area contributed by atoms with E-state index in [1.54, 1.807) is 0 Å². The van der Waals surface area contributed by atoms with Gasteiger partial charge in [0.25, 0.3) is 0 Å². The van der Waals surface area contributed by atoms with Gasteiger partial charge >= 0.3 is 6.09 Å². The number of carbonyl (C=O) groups is 1. The highest BCUT2D eigenvalue weighted by atomic mass is 16.5. The number of hydrogen-bond acceptors (Lipinski definition) is 4. The van der Waals surface area contributed by atoms with Crippen LogP contribution in [-0.2, 0) is 4.74 Å². The Kier molecular flexibility index (Phi) is 3.39. The van der Waals surface area contributed by atoms with E-state index < -0.39 is 12.1 Å². The Bertz CT molecular complexity index is 298. The molecule has 1 heterocycles. The quantitative estimate of drug-likeness (QED) is 0.466. The van der Waals surface area contributed by atoms with E-state index in [4.69, 9.17) is 15.4 Å². The van der Waals surface area contributed by atoms with Crippen LogP contribution in [0.15, 0.2) is 5.11 Å². The molecule has 0 aromatic heterocycles. The van der Waals surface area contributed by atoms with Crippen LogP contribution in [0.5, 0.6) is 0 Å². The van der Waals surface area contributed by atoms with Crippen LogP contribution in [0.25, 0.3) is 0 Å². The summed E-state index contributed by atoms with van der Waals surface area (Å²) >= 11 is 0. The maximum Gasteiger partial charge on any atom is 0.405 e.